The molecule has 0 saturated carbocycles. The molecule has 0 aromatic heterocycles. The second-order valence-electron chi connectivity index (χ2n) is 5.05. The Morgan fingerprint density at radius 2 is 1.81 bits per heavy atom. The van der Waals surface area contributed by atoms with Crippen molar-refractivity contribution in [3.8, 4) is 0 Å². The van der Waals surface area contributed by atoms with E-state index in [1.165, 1.54) is 0 Å². The molecule has 0 spiro atoms. The molecular weight excluding hydrogens is 276 g/mol. The number of rotatable bonds is 6. The molecular formula is C13H24N4O4. The fourth-order valence-electron chi connectivity index (χ4n) is 2.21. The first-order valence-electron chi connectivity index (χ1n) is 7.21. The number of carboxylic acid groups (broad SMARTS) is 1. The van der Waals surface area contributed by atoms with Gasteiger partial charge in [0, 0.05) is 39.3 Å². The summed E-state index contributed by atoms with van der Waals surface area (Å²) in [7, 11) is 0. The monoisotopic (exact) mass is 300 g/mol. The summed E-state index contributed by atoms with van der Waals surface area (Å²) in [6, 6.07) is -0.858. The molecule has 0 radical (unpaired) electrons. The summed E-state index contributed by atoms with van der Waals surface area (Å²) in [4.78, 5) is 37.8. The van der Waals surface area contributed by atoms with Gasteiger partial charge in [0.1, 0.15) is 0 Å². The van der Waals surface area contributed by atoms with Crippen molar-refractivity contribution in [2.75, 3.05) is 39.3 Å². The molecule has 8 nitrogen and oxygen atoms in total. The minimum atomic E-state index is -0.799. The average molecular weight is 300 g/mol. The van der Waals surface area contributed by atoms with Crippen molar-refractivity contribution in [1.82, 2.24) is 20.4 Å². The van der Waals surface area contributed by atoms with Gasteiger partial charge in [-0.3, -0.25) is 19.8 Å². The molecule has 0 bridgehead atoms. The summed E-state index contributed by atoms with van der Waals surface area (Å²) >= 11 is 0. The van der Waals surface area contributed by atoms with Gasteiger partial charge < -0.3 is 15.3 Å². The summed E-state index contributed by atoms with van der Waals surface area (Å²) in [5.41, 5.74) is 0. The van der Waals surface area contributed by atoms with Crippen LogP contribution in [0.2, 0.25) is 0 Å². The first-order valence-corrected chi connectivity index (χ1v) is 7.21. The van der Waals surface area contributed by atoms with Gasteiger partial charge in [0.05, 0.1) is 12.5 Å². The third kappa shape index (κ3) is 6.09. The van der Waals surface area contributed by atoms with Crippen LogP contribution < -0.4 is 10.6 Å². The van der Waals surface area contributed by atoms with Gasteiger partial charge in [0.25, 0.3) is 0 Å². The van der Waals surface area contributed by atoms with Gasteiger partial charge in [-0.15, -0.1) is 0 Å². The van der Waals surface area contributed by atoms with E-state index >= 15 is 0 Å². The molecule has 120 valence electrons. The number of urea groups is 1. The molecule has 1 atom stereocenters. The van der Waals surface area contributed by atoms with Crippen molar-refractivity contribution in [2.24, 2.45) is 0 Å². The zero-order valence-electron chi connectivity index (χ0n) is 12.6. The summed E-state index contributed by atoms with van der Waals surface area (Å²) < 4.78 is 0. The SMILES string of the molecule is CCNC(=O)NC(=O)C(C)N1CCN(CCC(=O)O)CC1. The summed E-state index contributed by atoms with van der Waals surface area (Å²) in [6.45, 7) is 7.37. The quantitative estimate of drug-likeness (QED) is 0.600. The van der Waals surface area contributed by atoms with Crippen LogP contribution >= 0.6 is 0 Å². The number of carboxylic acids is 1. The molecule has 1 aliphatic heterocycles. The number of nitrogens with one attached hydrogen (secondary N) is 2. The van der Waals surface area contributed by atoms with Crippen molar-refractivity contribution >= 4 is 17.9 Å². The molecule has 1 saturated heterocycles. The molecule has 8 heteroatoms. The Kier molecular flexibility index (Phi) is 7.10. The third-order valence-electron chi connectivity index (χ3n) is 3.55. The molecule has 1 aliphatic rings. The zero-order valence-corrected chi connectivity index (χ0v) is 12.6. The number of carbonyl (C=O) groups excluding carboxylic acids is 2. The van der Waals surface area contributed by atoms with E-state index in [0.29, 0.717) is 26.2 Å². The van der Waals surface area contributed by atoms with Crippen molar-refractivity contribution in [3.63, 3.8) is 0 Å². The lowest BCUT2D eigenvalue weighted by Gasteiger charge is -2.37. The van der Waals surface area contributed by atoms with Crippen LogP contribution in [0.5, 0.6) is 0 Å². The molecule has 21 heavy (non-hydrogen) atoms. The number of imide groups is 1. The predicted octanol–water partition coefficient (Wildman–Crippen LogP) is -0.687. The molecule has 1 heterocycles. The third-order valence-corrected chi connectivity index (χ3v) is 3.55. The van der Waals surface area contributed by atoms with E-state index in [9.17, 15) is 14.4 Å². The van der Waals surface area contributed by atoms with Crippen molar-refractivity contribution < 1.29 is 19.5 Å². The highest BCUT2D eigenvalue weighted by Crippen LogP contribution is 2.07. The van der Waals surface area contributed by atoms with E-state index < -0.39 is 12.0 Å². The van der Waals surface area contributed by atoms with Crippen molar-refractivity contribution in [2.45, 2.75) is 26.3 Å². The first-order chi connectivity index (χ1) is 9.93. The lowest BCUT2D eigenvalue weighted by Crippen LogP contribution is -2.55. The van der Waals surface area contributed by atoms with E-state index in [1.807, 2.05) is 4.90 Å². The first kappa shape index (κ1) is 17.4. The molecule has 0 aromatic carbocycles. The highest BCUT2D eigenvalue weighted by molar-refractivity contribution is 5.96. The maximum atomic E-state index is 11.9. The second-order valence-corrected chi connectivity index (χ2v) is 5.05. The number of aliphatic carboxylic acids is 1. The average Bonchev–Trinajstić information content (AvgIpc) is 2.45. The topological polar surface area (TPSA) is 102 Å². The number of piperazine rings is 1. The van der Waals surface area contributed by atoms with E-state index in [4.69, 9.17) is 5.11 Å². The Morgan fingerprint density at radius 3 is 2.33 bits per heavy atom. The number of nitrogens with zero attached hydrogens (tertiary/aromatic N) is 2. The van der Waals surface area contributed by atoms with E-state index in [0.717, 1.165) is 13.1 Å². The molecule has 3 amide bonds. The smallest absolute Gasteiger partial charge is 0.321 e. The Morgan fingerprint density at radius 1 is 1.19 bits per heavy atom. The number of amides is 3. The van der Waals surface area contributed by atoms with Gasteiger partial charge in [0.15, 0.2) is 0 Å². The van der Waals surface area contributed by atoms with Crippen LogP contribution in [0, 0.1) is 0 Å². The Labute approximate surface area is 124 Å². The maximum absolute atomic E-state index is 11.9. The summed E-state index contributed by atoms with van der Waals surface area (Å²) in [6.07, 6.45) is 0.132. The van der Waals surface area contributed by atoms with Gasteiger partial charge in [-0.1, -0.05) is 0 Å². The van der Waals surface area contributed by atoms with Crippen LogP contribution in [0.1, 0.15) is 20.3 Å². The summed E-state index contributed by atoms with van der Waals surface area (Å²) in [5, 5.41) is 13.5. The van der Waals surface area contributed by atoms with Gasteiger partial charge in [0.2, 0.25) is 5.91 Å². The highest BCUT2D eigenvalue weighted by atomic mass is 16.4. The Hall–Kier alpha value is -1.67. The van der Waals surface area contributed by atoms with Crippen molar-refractivity contribution in [1.29, 1.82) is 0 Å². The Balaban J connectivity index is 2.33. The van der Waals surface area contributed by atoms with Crippen LogP contribution in [0.25, 0.3) is 0 Å². The fourth-order valence-corrected chi connectivity index (χ4v) is 2.21. The van der Waals surface area contributed by atoms with E-state index in [2.05, 4.69) is 15.5 Å². The lowest BCUT2D eigenvalue weighted by molar-refractivity contribution is -0.137. The molecule has 1 rings (SSSR count). The molecule has 0 aliphatic carbocycles. The van der Waals surface area contributed by atoms with E-state index in [1.54, 1.807) is 13.8 Å². The van der Waals surface area contributed by atoms with E-state index in [-0.39, 0.29) is 18.4 Å². The normalized spacial score (nSPS) is 18.0. The summed E-state index contributed by atoms with van der Waals surface area (Å²) in [5.74, 6) is -1.12. The van der Waals surface area contributed by atoms with Crippen LogP contribution in [0.4, 0.5) is 4.79 Å². The van der Waals surface area contributed by atoms with Crippen LogP contribution in [0.15, 0.2) is 0 Å². The molecule has 3 N–H and O–H groups in total. The largest absolute Gasteiger partial charge is 0.481 e. The minimum Gasteiger partial charge on any atom is -0.481 e. The molecule has 1 fully saturated rings. The Bertz CT molecular complexity index is 380. The minimum absolute atomic E-state index is 0.132. The zero-order chi connectivity index (χ0) is 15.8. The number of carbonyl (C=O) groups is 3. The standard InChI is InChI=1S/C13H24N4O4/c1-3-14-13(21)15-12(20)10(2)17-8-6-16(7-9-17)5-4-11(18)19/h10H,3-9H2,1-2H3,(H,18,19)(H2,14,15,20,21). The number of hydrogen-bond acceptors (Lipinski definition) is 5. The lowest BCUT2D eigenvalue weighted by atomic mass is 10.2. The maximum Gasteiger partial charge on any atom is 0.321 e. The van der Waals surface area contributed by atoms with Gasteiger partial charge in [-0.25, -0.2) is 4.79 Å². The van der Waals surface area contributed by atoms with Gasteiger partial charge in [-0.2, -0.15) is 0 Å². The van der Waals surface area contributed by atoms with Crippen LogP contribution in [0.3, 0.4) is 0 Å². The predicted molar refractivity (Wildman–Crippen MR) is 76.9 cm³/mol. The fraction of sp³-hybridized carbons (Fsp3) is 0.769. The van der Waals surface area contributed by atoms with Crippen molar-refractivity contribution in [3.05, 3.63) is 0 Å². The van der Waals surface area contributed by atoms with Gasteiger partial charge in [-0.05, 0) is 13.8 Å². The van der Waals surface area contributed by atoms with Crippen LogP contribution in [-0.2, 0) is 9.59 Å². The second kappa shape index (κ2) is 8.58. The van der Waals surface area contributed by atoms with Gasteiger partial charge >= 0.3 is 12.0 Å². The number of hydrogen-bond donors (Lipinski definition) is 3. The molecule has 0 aromatic rings. The highest BCUT2D eigenvalue weighted by Gasteiger charge is 2.26. The molecule has 1 unspecified atom stereocenters. The van der Waals surface area contributed by atoms with Crippen LogP contribution in [-0.4, -0.2) is 78.1 Å².